The van der Waals surface area contributed by atoms with Crippen LogP contribution in [0.3, 0.4) is 0 Å². The first-order valence-electron chi connectivity index (χ1n) is 7.88. The van der Waals surface area contributed by atoms with Crippen molar-refractivity contribution in [2.75, 3.05) is 0 Å². The van der Waals surface area contributed by atoms with Crippen molar-refractivity contribution in [2.45, 2.75) is 6.92 Å². The van der Waals surface area contributed by atoms with E-state index in [9.17, 15) is 20.0 Å². The second kappa shape index (κ2) is 7.48. The highest BCUT2D eigenvalue weighted by atomic mass is 16.6. The smallest absolute Gasteiger partial charge is 0.289 e. The highest BCUT2D eigenvalue weighted by molar-refractivity contribution is 6.00. The van der Waals surface area contributed by atoms with Gasteiger partial charge in [-0.25, -0.2) is 5.43 Å². The van der Waals surface area contributed by atoms with Gasteiger partial charge in [-0.1, -0.05) is 12.1 Å². The molecular formula is C18H15N5O4. The molecule has 2 aromatic carbocycles. The number of nitro benzene ring substituents is 1. The van der Waals surface area contributed by atoms with E-state index in [4.69, 9.17) is 0 Å². The van der Waals surface area contributed by atoms with Gasteiger partial charge in [-0.15, -0.1) is 0 Å². The van der Waals surface area contributed by atoms with Crippen LogP contribution in [0.15, 0.2) is 59.7 Å². The van der Waals surface area contributed by atoms with Crippen LogP contribution in [0.5, 0.6) is 5.75 Å². The third-order valence-corrected chi connectivity index (χ3v) is 3.79. The first-order chi connectivity index (χ1) is 12.9. The average molecular weight is 365 g/mol. The number of non-ortho nitro benzene ring substituents is 1. The molecule has 0 bridgehead atoms. The lowest BCUT2D eigenvalue weighted by Crippen LogP contribution is -2.19. The molecule has 0 spiro atoms. The Bertz CT molecular complexity index is 1020. The molecule has 0 aliphatic heterocycles. The second-order valence-electron chi connectivity index (χ2n) is 5.66. The maximum Gasteiger partial charge on any atom is 0.289 e. The van der Waals surface area contributed by atoms with E-state index < -0.39 is 10.8 Å². The lowest BCUT2D eigenvalue weighted by atomic mass is 10.1. The Morgan fingerprint density at radius 1 is 1.22 bits per heavy atom. The van der Waals surface area contributed by atoms with Crippen LogP contribution in [0.25, 0.3) is 11.3 Å². The lowest BCUT2D eigenvalue weighted by Gasteiger charge is -2.02. The Morgan fingerprint density at radius 2 is 1.96 bits per heavy atom. The molecule has 3 aromatic rings. The number of carbonyl (C=O) groups is 1. The van der Waals surface area contributed by atoms with Crippen LogP contribution in [0.4, 0.5) is 5.69 Å². The highest BCUT2D eigenvalue weighted by Crippen LogP contribution is 2.22. The number of aromatic hydroxyl groups is 1. The number of nitrogens with one attached hydrogen (secondary N) is 2. The standard InChI is InChI=1S/C18H15N5O4/c1-11(12-5-7-15(24)8-6-12)19-22-18(25)17-10-16(20-21-17)13-3-2-4-14(9-13)23(26)27/h2-10,24H,1H3,(H,20,21)(H,22,25)/b19-11+. The van der Waals surface area contributed by atoms with Crippen molar-refractivity contribution in [1.82, 2.24) is 15.6 Å². The van der Waals surface area contributed by atoms with E-state index in [0.717, 1.165) is 5.56 Å². The average Bonchev–Trinajstić information content (AvgIpc) is 3.17. The van der Waals surface area contributed by atoms with E-state index >= 15 is 0 Å². The van der Waals surface area contributed by atoms with Gasteiger partial charge in [-0.05, 0) is 42.8 Å². The van der Waals surface area contributed by atoms with Crippen LogP contribution in [-0.4, -0.2) is 31.8 Å². The summed E-state index contributed by atoms with van der Waals surface area (Å²) in [4.78, 5) is 22.6. The normalized spacial score (nSPS) is 11.2. The zero-order chi connectivity index (χ0) is 19.4. The van der Waals surface area contributed by atoms with Gasteiger partial charge >= 0.3 is 0 Å². The van der Waals surface area contributed by atoms with Crippen LogP contribution in [0.1, 0.15) is 23.0 Å². The Morgan fingerprint density at radius 3 is 2.67 bits per heavy atom. The molecule has 27 heavy (non-hydrogen) atoms. The molecule has 0 aliphatic rings. The van der Waals surface area contributed by atoms with E-state index in [-0.39, 0.29) is 17.1 Å². The number of aromatic nitrogens is 2. The minimum absolute atomic E-state index is 0.0596. The molecule has 3 rings (SSSR count). The molecule has 1 amide bonds. The Labute approximate surface area is 153 Å². The van der Waals surface area contributed by atoms with Gasteiger partial charge in [0.25, 0.3) is 11.6 Å². The molecule has 0 saturated heterocycles. The third kappa shape index (κ3) is 4.15. The monoisotopic (exact) mass is 365 g/mol. The number of rotatable bonds is 5. The summed E-state index contributed by atoms with van der Waals surface area (Å²) in [5, 5.41) is 30.8. The maximum absolute atomic E-state index is 12.2. The lowest BCUT2D eigenvalue weighted by molar-refractivity contribution is -0.384. The van der Waals surface area contributed by atoms with Gasteiger partial charge in [0, 0.05) is 17.7 Å². The fraction of sp³-hybridized carbons (Fsp3) is 0.0556. The van der Waals surface area contributed by atoms with Crippen LogP contribution in [0, 0.1) is 10.1 Å². The summed E-state index contributed by atoms with van der Waals surface area (Å²) in [7, 11) is 0. The second-order valence-corrected chi connectivity index (χ2v) is 5.66. The first-order valence-corrected chi connectivity index (χ1v) is 7.88. The number of hydrogen-bond acceptors (Lipinski definition) is 6. The number of nitrogens with zero attached hydrogens (tertiary/aromatic N) is 3. The molecule has 3 N–H and O–H groups in total. The van der Waals surface area contributed by atoms with Gasteiger partial charge in [0.05, 0.1) is 16.3 Å². The predicted octanol–water partition coefficient (Wildman–Crippen LogP) is 2.84. The Hall–Kier alpha value is -4.01. The third-order valence-electron chi connectivity index (χ3n) is 3.79. The van der Waals surface area contributed by atoms with Crippen molar-refractivity contribution in [2.24, 2.45) is 5.10 Å². The number of phenolic OH excluding ortho intramolecular Hbond substituents is 1. The molecule has 0 aliphatic carbocycles. The molecule has 0 atom stereocenters. The molecular weight excluding hydrogens is 350 g/mol. The van der Waals surface area contributed by atoms with Crippen LogP contribution >= 0.6 is 0 Å². The minimum Gasteiger partial charge on any atom is -0.508 e. The topological polar surface area (TPSA) is 134 Å². The number of aromatic amines is 1. The number of benzene rings is 2. The van der Waals surface area contributed by atoms with Crippen LogP contribution in [0.2, 0.25) is 0 Å². The summed E-state index contributed by atoms with van der Waals surface area (Å²) in [6.07, 6.45) is 0. The van der Waals surface area contributed by atoms with Crippen molar-refractivity contribution < 1.29 is 14.8 Å². The minimum atomic E-state index is -0.502. The van der Waals surface area contributed by atoms with Crippen molar-refractivity contribution in [1.29, 1.82) is 0 Å². The molecule has 0 radical (unpaired) electrons. The van der Waals surface area contributed by atoms with Crippen molar-refractivity contribution >= 4 is 17.3 Å². The number of nitro groups is 1. The van der Waals surface area contributed by atoms with Gasteiger partial charge < -0.3 is 5.11 Å². The summed E-state index contributed by atoms with van der Waals surface area (Å²) in [6.45, 7) is 1.72. The number of carbonyl (C=O) groups excluding carboxylic acids is 1. The number of H-pyrrole nitrogens is 1. The quantitative estimate of drug-likeness (QED) is 0.363. The highest BCUT2D eigenvalue weighted by Gasteiger charge is 2.13. The molecule has 136 valence electrons. The molecule has 0 fully saturated rings. The van der Waals surface area contributed by atoms with Gasteiger partial charge in [0.15, 0.2) is 0 Å². The predicted molar refractivity (Wildman–Crippen MR) is 98.5 cm³/mol. The van der Waals surface area contributed by atoms with Gasteiger partial charge in [0.1, 0.15) is 11.4 Å². The largest absolute Gasteiger partial charge is 0.508 e. The number of hydrazone groups is 1. The zero-order valence-corrected chi connectivity index (χ0v) is 14.2. The molecule has 0 saturated carbocycles. The summed E-state index contributed by atoms with van der Waals surface area (Å²) >= 11 is 0. The van der Waals surface area contributed by atoms with Gasteiger partial charge in [0.2, 0.25) is 0 Å². The molecule has 9 heteroatoms. The number of amides is 1. The SMILES string of the molecule is C/C(=N\NC(=O)c1cc(-c2cccc([N+](=O)[O-])c2)n[nH]1)c1ccc(O)cc1. The van der Waals surface area contributed by atoms with Gasteiger partial charge in [-0.3, -0.25) is 20.0 Å². The van der Waals surface area contributed by atoms with Crippen molar-refractivity contribution in [3.63, 3.8) is 0 Å². The number of phenols is 1. The van der Waals surface area contributed by atoms with E-state index in [1.807, 2.05) is 0 Å². The fourth-order valence-electron chi connectivity index (χ4n) is 2.33. The summed E-state index contributed by atoms with van der Waals surface area (Å²) < 4.78 is 0. The molecule has 0 unspecified atom stereocenters. The molecule has 9 nitrogen and oxygen atoms in total. The van der Waals surface area contributed by atoms with Gasteiger partial charge in [-0.2, -0.15) is 10.2 Å². The van der Waals surface area contributed by atoms with E-state index in [1.165, 1.54) is 30.3 Å². The molecule has 1 heterocycles. The number of hydrogen-bond donors (Lipinski definition) is 3. The fourth-order valence-corrected chi connectivity index (χ4v) is 2.33. The summed E-state index contributed by atoms with van der Waals surface area (Å²) in [5.74, 6) is -0.362. The van der Waals surface area contributed by atoms with Crippen molar-refractivity contribution in [3.05, 3.63) is 76.0 Å². The van der Waals surface area contributed by atoms with Crippen LogP contribution in [-0.2, 0) is 0 Å². The zero-order valence-electron chi connectivity index (χ0n) is 14.2. The maximum atomic E-state index is 12.2. The van der Waals surface area contributed by atoms with Crippen molar-refractivity contribution in [3.8, 4) is 17.0 Å². The van der Waals surface area contributed by atoms with E-state index in [2.05, 4.69) is 20.7 Å². The van der Waals surface area contributed by atoms with E-state index in [0.29, 0.717) is 17.0 Å². The Kier molecular flexibility index (Phi) is 4.93. The first kappa shape index (κ1) is 17.8. The summed E-state index contributed by atoms with van der Waals surface area (Å²) in [6, 6.07) is 13.9. The van der Waals surface area contributed by atoms with Crippen LogP contribution < -0.4 is 5.43 Å². The summed E-state index contributed by atoms with van der Waals surface area (Å²) in [5.41, 5.74) is 4.74. The van der Waals surface area contributed by atoms with E-state index in [1.54, 1.807) is 31.2 Å². The Balaban J connectivity index is 1.73. The molecule has 1 aromatic heterocycles.